The second kappa shape index (κ2) is 9.27. The number of methoxy groups -OCH3 is 1. The molecule has 0 radical (unpaired) electrons. The van der Waals surface area contributed by atoms with E-state index in [1.807, 2.05) is 19.1 Å². The SMILES string of the molecule is COC(=O)c1c(Nc2nc3ccccc3nc2NS(=O)(=O)c2ccc(C)cc2)sc2c1CCCC2. The highest BCUT2D eigenvalue weighted by Crippen LogP contribution is 2.40. The Bertz CT molecular complexity index is 1530. The van der Waals surface area contributed by atoms with E-state index in [2.05, 4.69) is 20.0 Å². The molecular formula is C25H24N4O4S2. The van der Waals surface area contributed by atoms with Gasteiger partial charge < -0.3 is 10.1 Å². The van der Waals surface area contributed by atoms with Crippen LogP contribution in [0.4, 0.5) is 16.6 Å². The van der Waals surface area contributed by atoms with Crippen molar-refractivity contribution in [3.8, 4) is 0 Å². The number of aryl methyl sites for hydroxylation is 2. The molecule has 8 nitrogen and oxygen atoms in total. The number of para-hydroxylation sites is 2. The molecule has 1 aliphatic carbocycles. The number of nitrogens with zero attached hydrogens (tertiary/aromatic N) is 2. The summed E-state index contributed by atoms with van der Waals surface area (Å²) in [5.41, 5.74) is 3.56. The van der Waals surface area contributed by atoms with Crippen molar-refractivity contribution in [1.29, 1.82) is 0 Å². The van der Waals surface area contributed by atoms with Gasteiger partial charge in [-0.05, 0) is 62.4 Å². The van der Waals surface area contributed by atoms with Crippen molar-refractivity contribution in [2.45, 2.75) is 37.5 Å². The molecule has 2 aromatic carbocycles. The molecule has 0 unspecified atom stereocenters. The molecule has 180 valence electrons. The lowest BCUT2D eigenvalue weighted by molar-refractivity contribution is 0.0601. The van der Waals surface area contributed by atoms with Gasteiger partial charge in [0.05, 0.1) is 28.6 Å². The largest absolute Gasteiger partial charge is 0.465 e. The highest BCUT2D eigenvalue weighted by Gasteiger charge is 2.27. The van der Waals surface area contributed by atoms with Gasteiger partial charge >= 0.3 is 5.97 Å². The fourth-order valence-electron chi connectivity index (χ4n) is 4.14. The quantitative estimate of drug-likeness (QED) is 0.344. The summed E-state index contributed by atoms with van der Waals surface area (Å²) >= 11 is 1.47. The minimum Gasteiger partial charge on any atom is -0.465 e. The number of nitrogens with one attached hydrogen (secondary N) is 2. The Kier molecular flexibility index (Phi) is 6.16. The molecule has 35 heavy (non-hydrogen) atoms. The van der Waals surface area contributed by atoms with Crippen LogP contribution in [0.3, 0.4) is 0 Å². The van der Waals surface area contributed by atoms with Crippen LogP contribution in [-0.4, -0.2) is 31.5 Å². The number of ether oxygens (including phenoxy) is 1. The van der Waals surface area contributed by atoms with E-state index in [1.165, 1.54) is 18.4 Å². The predicted molar refractivity (Wildman–Crippen MR) is 137 cm³/mol. The van der Waals surface area contributed by atoms with Crippen LogP contribution in [0.25, 0.3) is 11.0 Å². The summed E-state index contributed by atoms with van der Waals surface area (Å²) < 4.78 is 34.0. The smallest absolute Gasteiger partial charge is 0.341 e. The standard InChI is InChI=1S/C25H24N4O4S2/c1-15-11-13-16(14-12-15)35(31,32)29-23-22(26-18-8-4-5-9-19(18)27-23)28-24-21(25(30)33-2)17-7-3-6-10-20(17)34-24/h4-5,8-9,11-14H,3,6-7,10H2,1-2H3,(H,26,28)(H,27,29). The molecule has 2 N–H and O–H groups in total. The summed E-state index contributed by atoms with van der Waals surface area (Å²) in [6.07, 6.45) is 3.76. The van der Waals surface area contributed by atoms with Crippen molar-refractivity contribution in [2.75, 3.05) is 17.1 Å². The number of hydrogen-bond acceptors (Lipinski definition) is 8. The minimum absolute atomic E-state index is 0.0477. The van der Waals surface area contributed by atoms with Crippen LogP contribution in [0.1, 0.15) is 39.2 Å². The molecule has 1 aliphatic rings. The fourth-order valence-corrected chi connectivity index (χ4v) is 6.43. The third-order valence-electron chi connectivity index (χ3n) is 5.93. The maximum atomic E-state index is 13.2. The van der Waals surface area contributed by atoms with Gasteiger partial charge in [0.25, 0.3) is 10.0 Å². The number of thiophene rings is 1. The summed E-state index contributed by atoms with van der Waals surface area (Å²) in [5, 5.41) is 3.78. The first-order valence-electron chi connectivity index (χ1n) is 11.2. The number of sulfonamides is 1. The molecule has 0 amide bonds. The Morgan fingerprint density at radius 3 is 2.31 bits per heavy atom. The molecule has 0 spiro atoms. The van der Waals surface area contributed by atoms with Gasteiger partial charge in [-0.25, -0.2) is 23.2 Å². The van der Waals surface area contributed by atoms with Crippen LogP contribution in [-0.2, 0) is 27.6 Å². The average Bonchev–Trinajstić information content (AvgIpc) is 3.22. The monoisotopic (exact) mass is 508 g/mol. The van der Waals surface area contributed by atoms with Crippen LogP contribution in [0, 0.1) is 6.92 Å². The van der Waals surface area contributed by atoms with E-state index in [-0.39, 0.29) is 16.5 Å². The van der Waals surface area contributed by atoms with Crippen LogP contribution in [0.5, 0.6) is 0 Å². The number of aromatic nitrogens is 2. The van der Waals surface area contributed by atoms with E-state index in [0.717, 1.165) is 41.7 Å². The fraction of sp³-hybridized carbons (Fsp3) is 0.240. The van der Waals surface area contributed by atoms with Crippen molar-refractivity contribution in [3.63, 3.8) is 0 Å². The van der Waals surface area contributed by atoms with E-state index in [0.29, 0.717) is 21.6 Å². The highest BCUT2D eigenvalue weighted by molar-refractivity contribution is 7.92. The van der Waals surface area contributed by atoms with Gasteiger partial charge in [-0.3, -0.25) is 4.72 Å². The lowest BCUT2D eigenvalue weighted by Gasteiger charge is -2.14. The number of fused-ring (bicyclic) bond motifs is 2. The maximum Gasteiger partial charge on any atom is 0.341 e. The number of esters is 1. The molecule has 0 atom stereocenters. The molecule has 0 saturated carbocycles. The predicted octanol–water partition coefficient (Wildman–Crippen LogP) is 5.21. The second-order valence-electron chi connectivity index (χ2n) is 8.36. The molecule has 5 rings (SSSR count). The van der Waals surface area contributed by atoms with Crippen molar-refractivity contribution < 1.29 is 17.9 Å². The summed E-state index contributed by atoms with van der Waals surface area (Å²) in [4.78, 5) is 23.1. The van der Waals surface area contributed by atoms with Crippen molar-refractivity contribution in [2.24, 2.45) is 0 Å². The molecule has 10 heteroatoms. The highest BCUT2D eigenvalue weighted by atomic mass is 32.2. The topological polar surface area (TPSA) is 110 Å². The van der Waals surface area contributed by atoms with Gasteiger partial charge in [-0.1, -0.05) is 29.8 Å². The maximum absolute atomic E-state index is 13.2. The second-order valence-corrected chi connectivity index (χ2v) is 11.1. The van der Waals surface area contributed by atoms with E-state index in [1.54, 1.807) is 36.4 Å². The summed E-state index contributed by atoms with van der Waals surface area (Å²) in [5.74, 6) is -0.169. The molecule has 2 heterocycles. The van der Waals surface area contributed by atoms with Crippen LogP contribution >= 0.6 is 11.3 Å². The average molecular weight is 509 g/mol. The number of hydrogen-bond donors (Lipinski definition) is 2. The lowest BCUT2D eigenvalue weighted by Crippen LogP contribution is -2.16. The Balaban J connectivity index is 1.60. The zero-order valence-electron chi connectivity index (χ0n) is 19.3. The number of carbonyl (C=O) groups excluding carboxylic acids is 1. The summed E-state index contributed by atoms with van der Waals surface area (Å²) in [6, 6.07) is 13.8. The van der Waals surface area contributed by atoms with Crippen molar-refractivity contribution in [1.82, 2.24) is 9.97 Å². The third kappa shape index (κ3) is 4.59. The van der Waals surface area contributed by atoms with E-state index >= 15 is 0 Å². The molecule has 0 fully saturated rings. The van der Waals surface area contributed by atoms with Gasteiger partial charge in [0.2, 0.25) is 0 Å². The Morgan fingerprint density at radius 2 is 1.63 bits per heavy atom. The van der Waals surface area contributed by atoms with Gasteiger partial charge in [-0.15, -0.1) is 11.3 Å². The van der Waals surface area contributed by atoms with E-state index < -0.39 is 16.0 Å². The van der Waals surface area contributed by atoms with Crippen LogP contribution in [0.2, 0.25) is 0 Å². The molecule has 4 aromatic rings. The number of anilines is 3. The van der Waals surface area contributed by atoms with Crippen LogP contribution < -0.4 is 10.0 Å². The van der Waals surface area contributed by atoms with Gasteiger partial charge in [0, 0.05) is 4.88 Å². The summed E-state index contributed by atoms with van der Waals surface area (Å²) in [6.45, 7) is 1.89. The molecule has 0 bridgehead atoms. The molecule has 0 saturated heterocycles. The van der Waals surface area contributed by atoms with Gasteiger partial charge in [-0.2, -0.15) is 0 Å². The normalized spacial score (nSPS) is 13.3. The number of carbonyl (C=O) groups is 1. The van der Waals surface area contributed by atoms with Crippen molar-refractivity contribution >= 4 is 55.0 Å². The Labute approximate surface area is 207 Å². The lowest BCUT2D eigenvalue weighted by atomic mass is 9.95. The van der Waals surface area contributed by atoms with Gasteiger partial charge in [0.15, 0.2) is 11.6 Å². The Morgan fingerprint density at radius 1 is 0.971 bits per heavy atom. The molecule has 2 aromatic heterocycles. The zero-order valence-corrected chi connectivity index (χ0v) is 20.9. The van der Waals surface area contributed by atoms with Gasteiger partial charge in [0.1, 0.15) is 5.00 Å². The van der Waals surface area contributed by atoms with E-state index in [4.69, 9.17) is 4.74 Å². The zero-order chi connectivity index (χ0) is 24.6. The summed E-state index contributed by atoms with van der Waals surface area (Å²) in [7, 11) is -2.57. The third-order valence-corrected chi connectivity index (χ3v) is 8.49. The Hall–Kier alpha value is -3.50. The van der Waals surface area contributed by atoms with E-state index in [9.17, 15) is 13.2 Å². The number of benzene rings is 2. The molecular weight excluding hydrogens is 484 g/mol. The number of rotatable bonds is 6. The minimum atomic E-state index is -3.93. The first-order valence-corrected chi connectivity index (χ1v) is 13.5. The first-order chi connectivity index (χ1) is 16.9. The van der Waals surface area contributed by atoms with Crippen molar-refractivity contribution in [3.05, 3.63) is 70.1 Å². The first kappa shape index (κ1) is 23.3. The molecule has 0 aliphatic heterocycles. The van der Waals surface area contributed by atoms with Crippen LogP contribution in [0.15, 0.2) is 53.4 Å².